The predicted molar refractivity (Wildman–Crippen MR) is 143 cm³/mol. The molecule has 3 aromatic rings. The molecule has 2 aromatic carbocycles. The molecule has 0 radical (unpaired) electrons. The van der Waals surface area contributed by atoms with E-state index in [1.54, 1.807) is 37.4 Å². The third kappa shape index (κ3) is 8.70. The number of carboxylic acids is 1. The zero-order chi connectivity index (χ0) is 23.8. The number of benzene rings is 2. The van der Waals surface area contributed by atoms with E-state index in [4.69, 9.17) is 16.7 Å². The van der Waals surface area contributed by atoms with Crippen LogP contribution in [-0.4, -0.2) is 38.3 Å². The summed E-state index contributed by atoms with van der Waals surface area (Å²) < 4.78 is 0.0981. The van der Waals surface area contributed by atoms with Gasteiger partial charge in [0.15, 0.2) is 0 Å². The molecule has 2 N–H and O–H groups in total. The van der Waals surface area contributed by atoms with Crippen LogP contribution in [0.3, 0.4) is 0 Å². The fraction of sp³-hybridized carbons (Fsp3) is 0.308. The first kappa shape index (κ1) is 25.6. The van der Waals surface area contributed by atoms with Crippen molar-refractivity contribution in [3.63, 3.8) is 0 Å². The van der Waals surface area contributed by atoms with Gasteiger partial charge < -0.3 is 10.2 Å². The van der Waals surface area contributed by atoms with E-state index in [0.717, 1.165) is 33.5 Å². The topological polar surface area (TPSA) is 70.4 Å². The minimum absolute atomic E-state index is 0.0981. The summed E-state index contributed by atoms with van der Waals surface area (Å²) in [4.78, 5) is 15.6. The molecular formula is C26H28ClNO3S2. The zero-order valence-electron chi connectivity index (χ0n) is 18.7. The first-order valence-corrected chi connectivity index (χ1v) is 13.2. The maximum Gasteiger partial charge on any atom is 0.304 e. The second-order valence-corrected chi connectivity index (χ2v) is 11.5. The maximum absolute atomic E-state index is 11.0. The van der Waals surface area contributed by atoms with Crippen molar-refractivity contribution in [1.82, 2.24) is 4.98 Å². The van der Waals surface area contributed by atoms with Gasteiger partial charge in [0.05, 0.1) is 27.8 Å². The summed E-state index contributed by atoms with van der Waals surface area (Å²) >= 11 is 9.47. The molecule has 174 valence electrons. The van der Waals surface area contributed by atoms with Crippen LogP contribution >= 0.6 is 35.1 Å². The number of halogens is 1. The first-order chi connectivity index (χ1) is 15.7. The van der Waals surface area contributed by atoms with Crippen LogP contribution in [0.4, 0.5) is 0 Å². The molecule has 1 heterocycles. The molecule has 3 rings (SSSR count). The number of fused-ring (bicyclic) bond motifs is 1. The first-order valence-electron chi connectivity index (χ1n) is 10.7. The van der Waals surface area contributed by atoms with Crippen LogP contribution < -0.4 is 0 Å². The van der Waals surface area contributed by atoms with Crippen molar-refractivity contribution >= 4 is 64.1 Å². The zero-order valence-corrected chi connectivity index (χ0v) is 21.1. The van der Waals surface area contributed by atoms with Crippen molar-refractivity contribution < 1.29 is 15.0 Å². The molecule has 1 aromatic heterocycles. The Bertz CT molecular complexity index is 1130. The largest absolute Gasteiger partial charge is 0.481 e. The minimum Gasteiger partial charge on any atom is -0.481 e. The Labute approximate surface area is 208 Å². The van der Waals surface area contributed by atoms with E-state index in [1.807, 2.05) is 54.6 Å². The lowest BCUT2D eigenvalue weighted by molar-refractivity contribution is -0.136. The molecule has 0 amide bonds. The molecule has 0 spiro atoms. The molecule has 7 heteroatoms. The van der Waals surface area contributed by atoms with Gasteiger partial charge in [0.1, 0.15) is 0 Å². The number of rotatable bonds is 11. The average Bonchev–Trinajstić information content (AvgIpc) is 2.75. The summed E-state index contributed by atoms with van der Waals surface area (Å²) in [6.07, 6.45) is 4.81. The highest BCUT2D eigenvalue weighted by Gasteiger charge is 2.17. The van der Waals surface area contributed by atoms with Crippen LogP contribution in [0.2, 0.25) is 5.02 Å². The highest BCUT2D eigenvalue weighted by Crippen LogP contribution is 2.41. The van der Waals surface area contributed by atoms with E-state index in [9.17, 15) is 9.90 Å². The molecule has 1 unspecified atom stereocenters. The molecule has 0 saturated heterocycles. The number of thioether (sulfide) groups is 2. The van der Waals surface area contributed by atoms with Crippen LogP contribution in [0.1, 0.15) is 48.1 Å². The molecule has 0 aliphatic carbocycles. The summed E-state index contributed by atoms with van der Waals surface area (Å²) in [5.41, 5.74) is 3.17. The van der Waals surface area contributed by atoms with Crippen molar-refractivity contribution in [3.05, 3.63) is 76.4 Å². The lowest BCUT2D eigenvalue weighted by Crippen LogP contribution is -2.19. The fourth-order valence-corrected chi connectivity index (χ4v) is 6.24. The van der Waals surface area contributed by atoms with Gasteiger partial charge in [-0.3, -0.25) is 4.79 Å². The van der Waals surface area contributed by atoms with Gasteiger partial charge in [-0.1, -0.05) is 48.0 Å². The number of aromatic nitrogens is 1. The van der Waals surface area contributed by atoms with Crippen molar-refractivity contribution in [2.45, 2.75) is 36.9 Å². The lowest BCUT2D eigenvalue weighted by atomic mass is 10.1. The van der Waals surface area contributed by atoms with Gasteiger partial charge in [0, 0.05) is 16.2 Å². The van der Waals surface area contributed by atoms with Crippen molar-refractivity contribution in [2.24, 2.45) is 0 Å². The van der Waals surface area contributed by atoms with Crippen molar-refractivity contribution in [1.29, 1.82) is 0 Å². The summed E-state index contributed by atoms with van der Waals surface area (Å²) in [5, 5.41) is 20.7. The Morgan fingerprint density at radius 3 is 2.61 bits per heavy atom. The second-order valence-electron chi connectivity index (χ2n) is 8.36. The molecule has 33 heavy (non-hydrogen) atoms. The van der Waals surface area contributed by atoms with Crippen LogP contribution in [-0.2, 0) is 4.79 Å². The average molecular weight is 502 g/mol. The second kappa shape index (κ2) is 11.9. The third-order valence-corrected chi connectivity index (χ3v) is 7.95. The molecule has 0 aliphatic heterocycles. The number of nitrogens with zero attached hydrogens (tertiary/aromatic N) is 1. The van der Waals surface area contributed by atoms with Gasteiger partial charge in [0.2, 0.25) is 0 Å². The van der Waals surface area contributed by atoms with Gasteiger partial charge >= 0.3 is 5.97 Å². The Kier molecular flexibility index (Phi) is 9.27. The molecule has 0 aliphatic rings. The van der Waals surface area contributed by atoms with Crippen LogP contribution in [0.5, 0.6) is 0 Å². The lowest BCUT2D eigenvalue weighted by Gasteiger charge is -2.20. The van der Waals surface area contributed by atoms with Crippen molar-refractivity contribution in [2.75, 3.05) is 11.5 Å². The van der Waals surface area contributed by atoms with E-state index < -0.39 is 11.6 Å². The number of hydrogen-bond acceptors (Lipinski definition) is 5. The third-order valence-electron chi connectivity index (χ3n) is 4.87. The number of pyridine rings is 1. The Morgan fingerprint density at radius 2 is 1.85 bits per heavy atom. The highest BCUT2D eigenvalue weighted by molar-refractivity contribution is 8.16. The highest BCUT2D eigenvalue weighted by atomic mass is 35.5. The summed E-state index contributed by atoms with van der Waals surface area (Å²) in [5.74, 6) is 0.542. The molecule has 1 atom stereocenters. The number of carbonyl (C=O) groups is 1. The Balaban J connectivity index is 1.75. The van der Waals surface area contributed by atoms with E-state index in [0.29, 0.717) is 17.2 Å². The van der Waals surface area contributed by atoms with E-state index in [1.165, 1.54) is 0 Å². The minimum atomic E-state index is -0.788. The maximum atomic E-state index is 11.0. The van der Waals surface area contributed by atoms with Crippen molar-refractivity contribution in [3.8, 4) is 0 Å². The molecule has 0 saturated carbocycles. The number of aliphatic carboxylic acids is 1. The van der Waals surface area contributed by atoms with E-state index in [-0.39, 0.29) is 11.0 Å². The van der Waals surface area contributed by atoms with E-state index >= 15 is 0 Å². The number of hydrogen-bond donors (Lipinski definition) is 2. The standard InChI is InChI=1S/C26H28ClNO3S2/c1-26(2,31)13-15-33-25(32-14-12-24(29)30)20-5-3-4-18(16-20)6-10-22-11-8-19-7-9-21(27)17-23(19)28-22/h3-11,16-17,25,31H,12-15H2,1-2H3,(H,29,30). The molecule has 0 fully saturated rings. The van der Waals surface area contributed by atoms with Gasteiger partial charge in [-0.2, -0.15) is 0 Å². The van der Waals surface area contributed by atoms with Crippen LogP contribution in [0, 0.1) is 0 Å². The number of carboxylic acid groups (broad SMARTS) is 1. The Morgan fingerprint density at radius 1 is 1.09 bits per heavy atom. The molecular weight excluding hydrogens is 474 g/mol. The normalized spacial score (nSPS) is 13.0. The SMILES string of the molecule is CC(C)(O)CCSC(SCCC(=O)O)c1cccc(C=Cc2ccc3ccc(Cl)cc3n2)c1. The monoisotopic (exact) mass is 501 g/mol. The van der Waals surface area contributed by atoms with Gasteiger partial charge in [-0.15, -0.1) is 23.5 Å². The van der Waals surface area contributed by atoms with Crippen LogP contribution in [0.15, 0.2) is 54.6 Å². The number of aliphatic hydroxyl groups is 1. The smallest absolute Gasteiger partial charge is 0.304 e. The van der Waals surface area contributed by atoms with Gasteiger partial charge in [-0.25, -0.2) is 4.98 Å². The predicted octanol–water partition coefficient (Wildman–Crippen LogP) is 7.16. The summed E-state index contributed by atoms with van der Waals surface area (Å²) in [6.45, 7) is 3.61. The van der Waals surface area contributed by atoms with Gasteiger partial charge in [-0.05, 0) is 67.5 Å². The van der Waals surface area contributed by atoms with Gasteiger partial charge in [0.25, 0.3) is 0 Å². The van der Waals surface area contributed by atoms with Crippen LogP contribution in [0.25, 0.3) is 23.1 Å². The summed E-state index contributed by atoms with van der Waals surface area (Å²) in [7, 11) is 0. The Hall–Kier alpha value is -1.99. The fourth-order valence-electron chi connectivity index (χ4n) is 3.10. The quantitative estimate of drug-likeness (QED) is 0.271. The summed E-state index contributed by atoms with van der Waals surface area (Å²) in [6, 6.07) is 17.9. The molecule has 0 bridgehead atoms. The molecule has 4 nitrogen and oxygen atoms in total. The van der Waals surface area contributed by atoms with E-state index in [2.05, 4.69) is 17.1 Å².